The molecule has 102 valence electrons. The number of carbonyl (C=O) groups is 1. The molecule has 20 heavy (non-hydrogen) atoms. The van der Waals surface area contributed by atoms with Crippen LogP contribution >= 0.6 is 22.9 Å². The maximum absolute atomic E-state index is 12.1. The lowest BCUT2D eigenvalue weighted by Crippen LogP contribution is -2.26. The first-order chi connectivity index (χ1) is 9.69. The SMILES string of the molecule is [N-]=[N+]=NCC1CC(=O)N(c2nc(Cl)nc3ccsc23)C1. The van der Waals surface area contributed by atoms with Gasteiger partial charge in [0.05, 0.1) is 10.2 Å². The Hall–Kier alpha value is -1.89. The molecule has 1 atom stereocenters. The summed E-state index contributed by atoms with van der Waals surface area (Å²) < 4.78 is 0.840. The predicted octanol–water partition coefficient (Wildman–Crippen LogP) is 3.01. The second-order valence-electron chi connectivity index (χ2n) is 4.44. The number of anilines is 1. The molecular weight excluding hydrogens is 300 g/mol. The van der Waals surface area contributed by atoms with Gasteiger partial charge in [-0.1, -0.05) is 5.11 Å². The molecule has 1 aliphatic heterocycles. The van der Waals surface area contributed by atoms with Gasteiger partial charge >= 0.3 is 0 Å². The Kier molecular flexibility index (Phi) is 3.43. The van der Waals surface area contributed by atoms with Gasteiger partial charge in [0.25, 0.3) is 0 Å². The zero-order chi connectivity index (χ0) is 14.1. The van der Waals surface area contributed by atoms with Crippen LogP contribution in [0.25, 0.3) is 20.7 Å². The average Bonchev–Trinajstić information content (AvgIpc) is 3.01. The number of hydrogen-bond donors (Lipinski definition) is 0. The van der Waals surface area contributed by atoms with Gasteiger partial charge in [-0.25, -0.2) is 4.98 Å². The molecule has 3 rings (SSSR count). The number of nitrogens with zero attached hydrogens (tertiary/aromatic N) is 6. The van der Waals surface area contributed by atoms with Crippen molar-refractivity contribution in [3.8, 4) is 0 Å². The quantitative estimate of drug-likeness (QED) is 0.377. The highest BCUT2D eigenvalue weighted by molar-refractivity contribution is 7.17. The molecule has 1 aliphatic rings. The maximum atomic E-state index is 12.1. The van der Waals surface area contributed by atoms with Gasteiger partial charge in [0, 0.05) is 24.4 Å². The number of rotatable bonds is 3. The summed E-state index contributed by atoms with van der Waals surface area (Å²) >= 11 is 7.38. The first-order valence-electron chi connectivity index (χ1n) is 5.91. The summed E-state index contributed by atoms with van der Waals surface area (Å²) in [6.07, 6.45) is 0.355. The van der Waals surface area contributed by atoms with E-state index in [2.05, 4.69) is 20.0 Å². The van der Waals surface area contributed by atoms with E-state index in [0.717, 1.165) is 10.2 Å². The van der Waals surface area contributed by atoms with Crippen LogP contribution in [0.5, 0.6) is 0 Å². The van der Waals surface area contributed by atoms with Crippen LogP contribution in [0.15, 0.2) is 16.6 Å². The average molecular weight is 309 g/mol. The van der Waals surface area contributed by atoms with Crippen LogP contribution in [-0.2, 0) is 4.79 Å². The van der Waals surface area contributed by atoms with Crippen LogP contribution in [0.2, 0.25) is 5.28 Å². The summed E-state index contributed by atoms with van der Waals surface area (Å²) in [5.41, 5.74) is 9.08. The van der Waals surface area contributed by atoms with Crippen molar-refractivity contribution in [1.29, 1.82) is 0 Å². The highest BCUT2D eigenvalue weighted by Gasteiger charge is 2.32. The molecule has 1 unspecified atom stereocenters. The van der Waals surface area contributed by atoms with Crippen molar-refractivity contribution in [3.05, 3.63) is 27.2 Å². The zero-order valence-electron chi connectivity index (χ0n) is 10.2. The molecule has 0 N–H and O–H groups in total. The van der Waals surface area contributed by atoms with Gasteiger partial charge in [-0.15, -0.1) is 11.3 Å². The minimum atomic E-state index is -0.0346. The van der Waals surface area contributed by atoms with Crippen LogP contribution in [0.4, 0.5) is 5.82 Å². The molecule has 1 saturated heterocycles. The highest BCUT2D eigenvalue weighted by Crippen LogP contribution is 2.33. The molecule has 0 radical (unpaired) electrons. The lowest BCUT2D eigenvalue weighted by molar-refractivity contribution is -0.117. The fraction of sp³-hybridized carbons (Fsp3) is 0.364. The second kappa shape index (κ2) is 5.24. The minimum Gasteiger partial charge on any atom is -0.295 e. The smallest absolute Gasteiger partial charge is 0.228 e. The fourth-order valence-corrected chi connectivity index (χ4v) is 3.26. The monoisotopic (exact) mass is 308 g/mol. The van der Waals surface area contributed by atoms with Crippen LogP contribution in [0.3, 0.4) is 0 Å². The van der Waals surface area contributed by atoms with Crippen LogP contribution in [-0.4, -0.2) is 29.0 Å². The van der Waals surface area contributed by atoms with Crippen molar-refractivity contribution in [2.45, 2.75) is 6.42 Å². The third kappa shape index (κ3) is 2.29. The van der Waals surface area contributed by atoms with E-state index in [1.54, 1.807) is 4.90 Å². The van der Waals surface area contributed by atoms with Crippen LogP contribution < -0.4 is 4.90 Å². The van der Waals surface area contributed by atoms with Crippen molar-refractivity contribution >= 4 is 44.9 Å². The first kappa shape index (κ1) is 13.1. The number of amides is 1. The number of azide groups is 1. The fourth-order valence-electron chi connectivity index (χ4n) is 2.26. The summed E-state index contributed by atoms with van der Waals surface area (Å²) in [5.74, 6) is 0.526. The predicted molar refractivity (Wildman–Crippen MR) is 76.9 cm³/mol. The van der Waals surface area contributed by atoms with Crippen molar-refractivity contribution < 1.29 is 4.79 Å². The topological polar surface area (TPSA) is 94.9 Å². The lowest BCUT2D eigenvalue weighted by Gasteiger charge is -2.16. The van der Waals surface area contributed by atoms with E-state index in [4.69, 9.17) is 17.1 Å². The summed E-state index contributed by atoms with van der Waals surface area (Å²) in [6, 6.07) is 1.84. The second-order valence-corrected chi connectivity index (χ2v) is 5.69. The van der Waals surface area contributed by atoms with Gasteiger partial charge in [0.1, 0.15) is 0 Å². The Morgan fingerprint density at radius 3 is 3.25 bits per heavy atom. The molecule has 0 aromatic carbocycles. The molecule has 3 heterocycles. The molecule has 2 aromatic rings. The number of hydrogen-bond acceptors (Lipinski definition) is 5. The zero-order valence-corrected chi connectivity index (χ0v) is 11.8. The summed E-state index contributed by atoms with van der Waals surface area (Å²) in [5, 5.41) is 5.54. The molecule has 0 bridgehead atoms. The van der Waals surface area contributed by atoms with Gasteiger partial charge in [-0.05, 0) is 34.5 Å². The van der Waals surface area contributed by atoms with E-state index < -0.39 is 0 Å². The third-order valence-corrected chi connectivity index (χ3v) is 4.19. The normalized spacial score (nSPS) is 18.6. The standard InChI is InChI=1S/C11H9ClN6OS/c12-11-15-7-1-2-20-9(7)10(16-11)18-5-6(3-8(18)19)4-14-17-13/h1-2,6H,3-5H2. The molecule has 1 amide bonds. The number of thiophene rings is 1. The Bertz CT molecular complexity index is 725. The molecule has 0 spiro atoms. The molecule has 1 fully saturated rings. The van der Waals surface area contributed by atoms with E-state index >= 15 is 0 Å². The lowest BCUT2D eigenvalue weighted by atomic mass is 10.1. The minimum absolute atomic E-state index is 0.0159. The molecular formula is C11H9ClN6OS. The van der Waals surface area contributed by atoms with E-state index in [9.17, 15) is 4.79 Å². The van der Waals surface area contributed by atoms with E-state index in [-0.39, 0.29) is 17.1 Å². The Balaban J connectivity index is 1.97. The summed E-state index contributed by atoms with van der Waals surface area (Å²) in [7, 11) is 0. The molecule has 0 aliphatic carbocycles. The van der Waals surface area contributed by atoms with Crippen molar-refractivity contribution in [2.24, 2.45) is 11.0 Å². The van der Waals surface area contributed by atoms with Gasteiger partial charge < -0.3 is 0 Å². The number of aromatic nitrogens is 2. The number of carbonyl (C=O) groups excluding carboxylic acids is 1. The van der Waals surface area contributed by atoms with E-state index in [0.29, 0.717) is 25.3 Å². The van der Waals surface area contributed by atoms with Gasteiger partial charge in [0.15, 0.2) is 5.82 Å². The third-order valence-electron chi connectivity index (χ3n) is 3.12. The maximum Gasteiger partial charge on any atom is 0.228 e. The summed E-state index contributed by atoms with van der Waals surface area (Å²) in [4.78, 5) is 24.8. The first-order valence-corrected chi connectivity index (χ1v) is 7.16. The van der Waals surface area contributed by atoms with E-state index in [1.807, 2.05) is 11.4 Å². The Labute approximate surface area is 122 Å². The van der Waals surface area contributed by atoms with Gasteiger partial charge in [-0.3, -0.25) is 9.69 Å². The van der Waals surface area contributed by atoms with E-state index in [1.165, 1.54) is 11.3 Å². The molecule has 0 saturated carbocycles. The molecule has 7 nitrogen and oxygen atoms in total. The highest BCUT2D eigenvalue weighted by atomic mass is 35.5. The van der Waals surface area contributed by atoms with Crippen LogP contribution in [0, 0.1) is 5.92 Å². The van der Waals surface area contributed by atoms with Gasteiger partial charge in [-0.2, -0.15) is 4.98 Å². The Morgan fingerprint density at radius 1 is 1.60 bits per heavy atom. The van der Waals surface area contributed by atoms with Gasteiger partial charge in [0.2, 0.25) is 11.2 Å². The van der Waals surface area contributed by atoms with Crippen molar-refractivity contribution in [2.75, 3.05) is 18.0 Å². The number of halogens is 1. The molecule has 2 aromatic heterocycles. The van der Waals surface area contributed by atoms with Crippen molar-refractivity contribution in [3.63, 3.8) is 0 Å². The summed E-state index contributed by atoms with van der Waals surface area (Å²) in [6.45, 7) is 0.795. The molecule has 9 heteroatoms. The van der Waals surface area contributed by atoms with Crippen LogP contribution in [0.1, 0.15) is 6.42 Å². The Morgan fingerprint density at radius 2 is 2.45 bits per heavy atom. The largest absolute Gasteiger partial charge is 0.295 e. The van der Waals surface area contributed by atoms with Crippen molar-refractivity contribution in [1.82, 2.24) is 9.97 Å². The number of fused-ring (bicyclic) bond motifs is 1.